The van der Waals surface area contributed by atoms with E-state index in [1.54, 1.807) is 0 Å². The summed E-state index contributed by atoms with van der Waals surface area (Å²) in [6, 6.07) is 3.77. The number of carbonyl (C=O) groups excluding carboxylic acids is 1. The number of hydrazine groups is 1. The van der Waals surface area contributed by atoms with Gasteiger partial charge in [0.25, 0.3) is 5.69 Å². The Morgan fingerprint density at radius 1 is 1.54 bits per heavy atom. The topological polar surface area (TPSA) is 98.3 Å². The van der Waals surface area contributed by atoms with Crippen LogP contribution in [0, 0.1) is 10.1 Å². The molecule has 6 heteroatoms. The van der Waals surface area contributed by atoms with Gasteiger partial charge in [0.15, 0.2) is 6.29 Å². The van der Waals surface area contributed by atoms with Gasteiger partial charge in [0.1, 0.15) is 0 Å². The molecule has 1 aromatic rings. The first-order chi connectivity index (χ1) is 6.19. The van der Waals surface area contributed by atoms with Crippen LogP contribution in [-0.2, 0) is 0 Å². The van der Waals surface area contributed by atoms with Crippen molar-refractivity contribution in [3.63, 3.8) is 0 Å². The van der Waals surface area contributed by atoms with Gasteiger partial charge in [-0.05, 0) is 6.07 Å². The predicted molar refractivity (Wildman–Crippen MR) is 46.3 cm³/mol. The molecule has 0 atom stereocenters. The Morgan fingerprint density at radius 2 is 2.23 bits per heavy atom. The zero-order valence-corrected chi connectivity index (χ0v) is 6.56. The first kappa shape index (κ1) is 9.14. The fraction of sp³-hybridized carbons (Fsp3) is 0. The number of nitrogens with two attached hydrogens (primary N) is 1. The second kappa shape index (κ2) is 3.63. The van der Waals surface area contributed by atoms with Gasteiger partial charge in [0.05, 0.1) is 10.6 Å². The highest BCUT2D eigenvalue weighted by Crippen LogP contribution is 2.19. The lowest BCUT2D eigenvalue weighted by Crippen LogP contribution is -2.09. The van der Waals surface area contributed by atoms with Crippen molar-refractivity contribution in [3.8, 4) is 0 Å². The molecule has 0 bridgehead atoms. The summed E-state index contributed by atoms with van der Waals surface area (Å²) in [6.07, 6.45) is 0.568. The summed E-state index contributed by atoms with van der Waals surface area (Å²) in [5, 5.41) is 10.3. The van der Waals surface area contributed by atoms with Crippen LogP contribution in [0.3, 0.4) is 0 Å². The molecule has 0 fully saturated rings. The van der Waals surface area contributed by atoms with Gasteiger partial charge in [-0.3, -0.25) is 20.8 Å². The quantitative estimate of drug-likeness (QED) is 0.309. The monoisotopic (exact) mass is 181 g/mol. The number of nitrogens with one attached hydrogen (secondary N) is 1. The van der Waals surface area contributed by atoms with E-state index in [1.165, 1.54) is 18.2 Å². The van der Waals surface area contributed by atoms with Crippen LogP contribution >= 0.6 is 0 Å². The van der Waals surface area contributed by atoms with Crippen LogP contribution < -0.4 is 11.3 Å². The van der Waals surface area contributed by atoms with Crippen molar-refractivity contribution in [2.24, 2.45) is 5.84 Å². The molecular weight excluding hydrogens is 174 g/mol. The third kappa shape index (κ3) is 1.79. The number of nitro groups is 1. The van der Waals surface area contributed by atoms with Crippen molar-refractivity contribution in [1.29, 1.82) is 0 Å². The molecule has 0 amide bonds. The summed E-state index contributed by atoms with van der Waals surface area (Å²) in [5.74, 6) is 5.06. The molecule has 0 saturated heterocycles. The van der Waals surface area contributed by atoms with Gasteiger partial charge in [0.2, 0.25) is 0 Å². The molecule has 0 aliphatic heterocycles. The average molecular weight is 181 g/mol. The number of rotatable bonds is 3. The van der Waals surface area contributed by atoms with Crippen LogP contribution in [0.15, 0.2) is 18.2 Å². The van der Waals surface area contributed by atoms with Crippen molar-refractivity contribution in [3.05, 3.63) is 33.9 Å². The molecule has 0 heterocycles. The van der Waals surface area contributed by atoms with Crippen LogP contribution in [-0.4, -0.2) is 11.2 Å². The molecule has 1 rings (SSSR count). The molecule has 1 aromatic carbocycles. The Hall–Kier alpha value is -1.95. The van der Waals surface area contributed by atoms with Crippen molar-refractivity contribution < 1.29 is 9.72 Å². The minimum absolute atomic E-state index is 0.112. The zero-order valence-electron chi connectivity index (χ0n) is 6.56. The number of carbonyl (C=O) groups is 1. The smallest absolute Gasteiger partial charge is 0.271 e. The molecule has 0 saturated carbocycles. The Bertz CT molecular complexity index is 351. The lowest BCUT2D eigenvalue weighted by molar-refractivity contribution is -0.384. The average Bonchev–Trinajstić information content (AvgIpc) is 2.16. The number of non-ortho nitro benzene ring substituents is 1. The highest BCUT2D eigenvalue weighted by atomic mass is 16.6. The van der Waals surface area contributed by atoms with E-state index in [0.29, 0.717) is 6.29 Å². The van der Waals surface area contributed by atoms with E-state index < -0.39 is 4.92 Å². The SMILES string of the molecule is NNc1cc([N+](=O)[O-])ccc1C=O. The molecule has 0 radical (unpaired) electrons. The molecule has 3 N–H and O–H groups in total. The van der Waals surface area contributed by atoms with Gasteiger partial charge < -0.3 is 5.43 Å². The zero-order chi connectivity index (χ0) is 9.84. The maximum Gasteiger partial charge on any atom is 0.271 e. The van der Waals surface area contributed by atoms with Gasteiger partial charge in [-0.2, -0.15) is 0 Å². The summed E-state index contributed by atoms with van der Waals surface area (Å²) in [5.41, 5.74) is 2.62. The number of hydrogen-bond donors (Lipinski definition) is 2. The Labute approximate surface area is 73.5 Å². The number of aldehydes is 1. The summed E-state index contributed by atoms with van der Waals surface area (Å²) in [6.45, 7) is 0. The summed E-state index contributed by atoms with van der Waals surface area (Å²) < 4.78 is 0. The summed E-state index contributed by atoms with van der Waals surface area (Å²) >= 11 is 0. The van der Waals surface area contributed by atoms with Gasteiger partial charge in [-0.15, -0.1) is 0 Å². The van der Waals surface area contributed by atoms with E-state index in [1.807, 2.05) is 0 Å². The first-order valence-electron chi connectivity index (χ1n) is 3.39. The van der Waals surface area contributed by atoms with Crippen LogP contribution in [0.4, 0.5) is 11.4 Å². The maximum absolute atomic E-state index is 10.4. The van der Waals surface area contributed by atoms with E-state index in [4.69, 9.17) is 5.84 Å². The maximum atomic E-state index is 10.4. The van der Waals surface area contributed by atoms with Gasteiger partial charge >= 0.3 is 0 Å². The molecule has 13 heavy (non-hydrogen) atoms. The number of nitrogens with zero attached hydrogens (tertiary/aromatic N) is 1. The number of hydrogen-bond acceptors (Lipinski definition) is 5. The predicted octanol–water partition coefficient (Wildman–Crippen LogP) is 0.693. The van der Waals surface area contributed by atoms with E-state index in [2.05, 4.69) is 5.43 Å². The molecule has 0 unspecified atom stereocenters. The van der Waals surface area contributed by atoms with E-state index >= 15 is 0 Å². The summed E-state index contributed by atoms with van der Waals surface area (Å²) in [4.78, 5) is 20.2. The van der Waals surface area contributed by atoms with E-state index in [9.17, 15) is 14.9 Å². The van der Waals surface area contributed by atoms with E-state index in [0.717, 1.165) is 0 Å². The minimum atomic E-state index is -0.560. The Balaban J connectivity index is 3.20. The molecule has 0 spiro atoms. The van der Waals surface area contributed by atoms with Crippen molar-refractivity contribution >= 4 is 17.7 Å². The number of nitro benzene ring substituents is 1. The second-order valence-corrected chi connectivity index (χ2v) is 2.29. The standard InChI is InChI=1S/C7H7N3O3/c8-9-7-3-6(10(12)13)2-1-5(7)4-11/h1-4,9H,8H2. The molecular formula is C7H7N3O3. The van der Waals surface area contributed by atoms with E-state index in [-0.39, 0.29) is 16.9 Å². The molecule has 6 nitrogen and oxygen atoms in total. The van der Waals surface area contributed by atoms with Crippen LogP contribution in [0.5, 0.6) is 0 Å². The molecule has 0 aliphatic carbocycles. The van der Waals surface area contributed by atoms with Crippen LogP contribution in [0.25, 0.3) is 0 Å². The largest absolute Gasteiger partial charge is 0.323 e. The first-order valence-corrected chi connectivity index (χ1v) is 3.39. The lowest BCUT2D eigenvalue weighted by atomic mass is 10.2. The van der Waals surface area contributed by atoms with Crippen molar-refractivity contribution in [1.82, 2.24) is 0 Å². The highest BCUT2D eigenvalue weighted by Gasteiger charge is 2.08. The van der Waals surface area contributed by atoms with Crippen molar-refractivity contribution in [2.75, 3.05) is 5.43 Å². The Morgan fingerprint density at radius 3 is 2.69 bits per heavy atom. The fourth-order valence-electron chi connectivity index (χ4n) is 0.886. The highest BCUT2D eigenvalue weighted by molar-refractivity contribution is 5.84. The minimum Gasteiger partial charge on any atom is -0.323 e. The van der Waals surface area contributed by atoms with Gasteiger partial charge in [0, 0.05) is 17.7 Å². The normalized spacial score (nSPS) is 9.31. The number of nitrogen functional groups attached to an aromatic ring is 1. The third-order valence-electron chi connectivity index (χ3n) is 1.53. The third-order valence-corrected chi connectivity index (χ3v) is 1.53. The van der Waals surface area contributed by atoms with Gasteiger partial charge in [-0.25, -0.2) is 0 Å². The number of anilines is 1. The molecule has 68 valence electrons. The fourth-order valence-corrected chi connectivity index (χ4v) is 0.886. The van der Waals surface area contributed by atoms with Crippen LogP contribution in [0.1, 0.15) is 10.4 Å². The van der Waals surface area contributed by atoms with Crippen LogP contribution in [0.2, 0.25) is 0 Å². The van der Waals surface area contributed by atoms with Gasteiger partial charge in [-0.1, -0.05) is 0 Å². The lowest BCUT2D eigenvalue weighted by Gasteiger charge is -2.01. The number of benzene rings is 1. The van der Waals surface area contributed by atoms with Crippen molar-refractivity contribution in [2.45, 2.75) is 0 Å². The second-order valence-electron chi connectivity index (χ2n) is 2.29. The molecule has 0 aromatic heterocycles. The Kier molecular flexibility index (Phi) is 2.56. The summed E-state index contributed by atoms with van der Waals surface area (Å²) in [7, 11) is 0. The molecule has 0 aliphatic rings.